The molecule has 4 heteroatoms. The zero-order valence-corrected chi connectivity index (χ0v) is 9.29. The van der Waals surface area contributed by atoms with E-state index >= 15 is 0 Å². The van der Waals surface area contributed by atoms with Gasteiger partial charge in [0.05, 0.1) is 5.84 Å². The molecule has 0 aromatic heterocycles. The van der Waals surface area contributed by atoms with Gasteiger partial charge in [-0.05, 0) is 19.4 Å². The Hall–Kier alpha value is -0.610. The average molecular weight is 201 g/mol. The summed E-state index contributed by atoms with van der Waals surface area (Å²) >= 11 is 0. The van der Waals surface area contributed by atoms with Crippen LogP contribution in [0.25, 0.3) is 0 Å². The number of nitrogens with two attached hydrogens (primary N) is 1. The van der Waals surface area contributed by atoms with Crippen molar-refractivity contribution in [3.63, 3.8) is 0 Å². The van der Waals surface area contributed by atoms with Crippen LogP contribution in [0.4, 0.5) is 0 Å². The lowest BCUT2D eigenvalue weighted by molar-refractivity contribution is 0.180. The number of aliphatic hydroxyl groups excluding tert-OH is 1. The largest absolute Gasteiger partial charge is 0.396 e. The minimum absolute atomic E-state index is 0.229. The Morgan fingerprint density at radius 3 is 2.50 bits per heavy atom. The van der Waals surface area contributed by atoms with E-state index in [1.54, 1.807) is 0 Å². The highest BCUT2D eigenvalue weighted by atomic mass is 16.3. The van der Waals surface area contributed by atoms with Crippen LogP contribution in [-0.4, -0.2) is 41.6 Å². The Kier molecular flexibility index (Phi) is 7.42. The molecule has 1 atom stereocenters. The third kappa shape index (κ3) is 5.19. The number of nitrogens with zero attached hydrogens (tertiary/aromatic N) is 1. The summed E-state index contributed by atoms with van der Waals surface area (Å²) in [6.45, 7) is 6.27. The second kappa shape index (κ2) is 7.76. The van der Waals surface area contributed by atoms with Gasteiger partial charge in [-0.15, -0.1) is 0 Å². The van der Waals surface area contributed by atoms with Crippen LogP contribution in [0, 0.1) is 5.41 Å². The molecule has 0 radical (unpaired) electrons. The highest BCUT2D eigenvalue weighted by Crippen LogP contribution is 2.08. The van der Waals surface area contributed by atoms with Gasteiger partial charge in [-0.1, -0.05) is 13.8 Å². The zero-order valence-electron chi connectivity index (χ0n) is 9.29. The lowest BCUT2D eigenvalue weighted by atomic mass is 10.1. The maximum atomic E-state index is 8.75. The van der Waals surface area contributed by atoms with Crippen molar-refractivity contribution in [3.8, 4) is 0 Å². The predicted molar refractivity (Wildman–Crippen MR) is 59.6 cm³/mol. The summed E-state index contributed by atoms with van der Waals surface area (Å²) < 4.78 is 0. The number of rotatable bonds is 8. The molecule has 1 unspecified atom stereocenters. The summed E-state index contributed by atoms with van der Waals surface area (Å²) in [4.78, 5) is 2.28. The normalized spacial score (nSPS) is 13.1. The van der Waals surface area contributed by atoms with E-state index in [2.05, 4.69) is 18.7 Å². The van der Waals surface area contributed by atoms with Crippen molar-refractivity contribution in [2.75, 3.05) is 19.7 Å². The highest BCUT2D eigenvalue weighted by Gasteiger charge is 2.15. The molecular formula is C10H23N3O. The highest BCUT2D eigenvalue weighted by molar-refractivity contribution is 5.77. The van der Waals surface area contributed by atoms with Crippen LogP contribution in [0.1, 0.15) is 33.1 Å². The van der Waals surface area contributed by atoms with Crippen molar-refractivity contribution < 1.29 is 5.11 Å². The van der Waals surface area contributed by atoms with Crippen LogP contribution in [0.2, 0.25) is 0 Å². The van der Waals surface area contributed by atoms with Gasteiger partial charge in [0.25, 0.3) is 0 Å². The van der Waals surface area contributed by atoms with Crippen molar-refractivity contribution in [1.29, 1.82) is 5.41 Å². The smallest absolute Gasteiger partial charge is 0.0921 e. The van der Waals surface area contributed by atoms with Crippen LogP contribution in [0.3, 0.4) is 0 Å². The fourth-order valence-corrected chi connectivity index (χ4v) is 1.66. The second-order valence-electron chi connectivity index (χ2n) is 3.50. The quantitative estimate of drug-likeness (QED) is 0.401. The van der Waals surface area contributed by atoms with Crippen LogP contribution in [-0.2, 0) is 0 Å². The van der Waals surface area contributed by atoms with Crippen LogP contribution in [0.15, 0.2) is 0 Å². The minimum atomic E-state index is 0.229. The molecule has 0 aromatic carbocycles. The first-order valence-electron chi connectivity index (χ1n) is 5.33. The summed E-state index contributed by atoms with van der Waals surface area (Å²) in [5.41, 5.74) is 5.40. The standard InChI is InChI=1S/C10H23N3O/c1-3-9(8-10(11)12)13(4-2)6-5-7-14/h9,14H,3-8H2,1-2H3,(H3,11,12). The zero-order chi connectivity index (χ0) is 11.0. The van der Waals surface area contributed by atoms with Crippen molar-refractivity contribution in [2.24, 2.45) is 5.73 Å². The fraction of sp³-hybridized carbons (Fsp3) is 0.900. The van der Waals surface area contributed by atoms with E-state index in [0.29, 0.717) is 12.5 Å². The molecule has 0 saturated heterocycles. The van der Waals surface area contributed by atoms with Crippen molar-refractivity contribution in [2.45, 2.75) is 39.2 Å². The topological polar surface area (TPSA) is 73.3 Å². The van der Waals surface area contributed by atoms with Crippen LogP contribution >= 0.6 is 0 Å². The summed E-state index contributed by atoms with van der Waals surface area (Å²) in [5, 5.41) is 16.0. The first-order chi connectivity index (χ1) is 6.65. The maximum absolute atomic E-state index is 8.75. The molecule has 0 spiro atoms. The van der Waals surface area contributed by atoms with E-state index in [0.717, 1.165) is 25.9 Å². The Morgan fingerprint density at radius 2 is 2.14 bits per heavy atom. The van der Waals surface area contributed by atoms with E-state index < -0.39 is 0 Å². The van der Waals surface area contributed by atoms with Gasteiger partial charge in [0, 0.05) is 25.6 Å². The second-order valence-corrected chi connectivity index (χ2v) is 3.50. The summed E-state index contributed by atoms with van der Waals surface area (Å²) in [6, 6.07) is 0.351. The molecule has 0 bridgehead atoms. The first kappa shape index (κ1) is 13.4. The molecule has 14 heavy (non-hydrogen) atoms. The molecule has 0 aliphatic carbocycles. The fourth-order valence-electron chi connectivity index (χ4n) is 1.66. The van der Waals surface area contributed by atoms with Crippen molar-refractivity contribution >= 4 is 5.84 Å². The molecule has 0 aliphatic heterocycles. The van der Waals surface area contributed by atoms with E-state index in [9.17, 15) is 0 Å². The molecule has 0 aromatic rings. The maximum Gasteiger partial charge on any atom is 0.0921 e. The number of amidine groups is 1. The SMILES string of the molecule is CCC(CC(=N)N)N(CC)CCCO. The average Bonchev–Trinajstić information content (AvgIpc) is 2.16. The molecule has 0 aliphatic rings. The van der Waals surface area contributed by atoms with Gasteiger partial charge in [-0.3, -0.25) is 5.41 Å². The van der Waals surface area contributed by atoms with Gasteiger partial charge in [0.15, 0.2) is 0 Å². The molecule has 0 rings (SSSR count). The number of hydrogen-bond acceptors (Lipinski definition) is 3. The third-order valence-corrected chi connectivity index (χ3v) is 2.45. The van der Waals surface area contributed by atoms with Gasteiger partial charge in [-0.25, -0.2) is 0 Å². The molecule has 0 saturated carbocycles. The predicted octanol–water partition coefficient (Wildman–Crippen LogP) is 0.795. The molecule has 0 heterocycles. The summed E-state index contributed by atoms with van der Waals surface area (Å²) in [5.74, 6) is 0.249. The van der Waals surface area contributed by atoms with Crippen molar-refractivity contribution in [3.05, 3.63) is 0 Å². The van der Waals surface area contributed by atoms with Gasteiger partial charge in [0.2, 0.25) is 0 Å². The summed E-state index contributed by atoms with van der Waals surface area (Å²) in [7, 11) is 0. The van der Waals surface area contributed by atoms with Crippen molar-refractivity contribution in [1.82, 2.24) is 4.90 Å². The van der Waals surface area contributed by atoms with Gasteiger partial charge in [-0.2, -0.15) is 0 Å². The lowest BCUT2D eigenvalue weighted by Crippen LogP contribution is -2.38. The minimum Gasteiger partial charge on any atom is -0.396 e. The Morgan fingerprint density at radius 1 is 1.50 bits per heavy atom. The third-order valence-electron chi connectivity index (χ3n) is 2.45. The Labute approximate surface area is 86.6 Å². The first-order valence-corrected chi connectivity index (χ1v) is 5.33. The number of aliphatic hydroxyl groups is 1. The van der Waals surface area contributed by atoms with E-state index in [-0.39, 0.29) is 12.4 Å². The molecular weight excluding hydrogens is 178 g/mol. The number of nitrogens with one attached hydrogen (secondary N) is 1. The van der Waals surface area contributed by atoms with E-state index in [1.807, 2.05) is 0 Å². The monoisotopic (exact) mass is 201 g/mol. The Bertz CT molecular complexity index is 161. The van der Waals surface area contributed by atoms with Crippen LogP contribution in [0.5, 0.6) is 0 Å². The van der Waals surface area contributed by atoms with Crippen LogP contribution < -0.4 is 5.73 Å². The van der Waals surface area contributed by atoms with Gasteiger partial charge < -0.3 is 15.7 Å². The molecule has 0 amide bonds. The molecule has 84 valence electrons. The van der Waals surface area contributed by atoms with Gasteiger partial charge >= 0.3 is 0 Å². The Balaban J connectivity index is 4.06. The lowest BCUT2D eigenvalue weighted by Gasteiger charge is -2.29. The molecule has 4 nitrogen and oxygen atoms in total. The number of hydrogen-bond donors (Lipinski definition) is 3. The molecule has 0 fully saturated rings. The summed E-state index contributed by atoms with van der Waals surface area (Å²) in [6.07, 6.45) is 2.43. The van der Waals surface area contributed by atoms with E-state index in [1.165, 1.54) is 0 Å². The van der Waals surface area contributed by atoms with Gasteiger partial charge in [0.1, 0.15) is 0 Å². The molecule has 4 N–H and O–H groups in total. The van der Waals surface area contributed by atoms with E-state index in [4.69, 9.17) is 16.2 Å².